The Labute approximate surface area is 180 Å². The third-order valence-corrected chi connectivity index (χ3v) is 5.65. The van der Waals surface area contributed by atoms with Crippen LogP contribution < -0.4 is 14.8 Å². The Morgan fingerprint density at radius 1 is 0.833 bits per heavy atom. The van der Waals surface area contributed by atoms with Crippen molar-refractivity contribution in [2.45, 2.75) is 11.3 Å². The van der Waals surface area contributed by atoms with E-state index >= 15 is 0 Å². The Hall–Kier alpha value is -3.44. The molecule has 2 N–H and O–H groups in total. The van der Waals surface area contributed by atoms with E-state index in [9.17, 15) is 4.79 Å². The van der Waals surface area contributed by atoms with Gasteiger partial charge in [0.15, 0.2) is 0 Å². The van der Waals surface area contributed by atoms with Crippen LogP contribution in [0.5, 0.6) is 5.75 Å². The molecule has 150 valence electrons. The van der Waals surface area contributed by atoms with Crippen LogP contribution in [0.2, 0.25) is 0 Å². The second kappa shape index (κ2) is 9.37. The van der Waals surface area contributed by atoms with Crippen molar-refractivity contribution in [1.29, 1.82) is 0 Å². The Balaban J connectivity index is 1.51. The van der Waals surface area contributed by atoms with Gasteiger partial charge in [-0.15, -0.1) is 0 Å². The minimum atomic E-state index is -0.0249. The second-order valence-corrected chi connectivity index (χ2v) is 7.65. The van der Waals surface area contributed by atoms with Gasteiger partial charge in [0.25, 0.3) is 0 Å². The van der Waals surface area contributed by atoms with Crippen LogP contribution in [0, 0.1) is 0 Å². The average molecular weight is 415 g/mol. The molecule has 30 heavy (non-hydrogen) atoms. The highest BCUT2D eigenvalue weighted by Gasteiger charge is 2.10. The van der Waals surface area contributed by atoms with Crippen molar-refractivity contribution in [2.24, 2.45) is 0 Å². The van der Waals surface area contributed by atoms with E-state index < -0.39 is 0 Å². The van der Waals surface area contributed by atoms with Crippen LogP contribution in [0.15, 0.2) is 95.9 Å². The van der Waals surface area contributed by atoms with Gasteiger partial charge in [0.05, 0.1) is 13.5 Å². The number of anilines is 2. The van der Waals surface area contributed by atoms with Gasteiger partial charge in [-0.1, -0.05) is 54.6 Å². The first-order chi connectivity index (χ1) is 14.7. The highest BCUT2D eigenvalue weighted by Crippen LogP contribution is 2.33. The highest BCUT2D eigenvalue weighted by molar-refractivity contribution is 8.00. The number of fused-ring (bicyclic) bond motifs is 1. The Bertz CT molecular complexity index is 1140. The fraction of sp³-hybridized carbons (Fsp3) is 0.0800. The van der Waals surface area contributed by atoms with Gasteiger partial charge < -0.3 is 14.8 Å². The molecular weight excluding hydrogens is 392 g/mol. The zero-order valence-electron chi connectivity index (χ0n) is 16.6. The molecule has 0 heterocycles. The van der Waals surface area contributed by atoms with Crippen LogP contribution in [-0.2, 0) is 11.2 Å². The van der Waals surface area contributed by atoms with Crippen LogP contribution >= 0.6 is 11.9 Å². The molecule has 4 rings (SSSR count). The zero-order valence-corrected chi connectivity index (χ0v) is 17.4. The minimum absolute atomic E-state index is 0.0249. The molecule has 0 aliphatic rings. The van der Waals surface area contributed by atoms with Crippen molar-refractivity contribution in [1.82, 2.24) is 0 Å². The second-order valence-electron chi connectivity index (χ2n) is 6.80. The molecule has 0 fully saturated rings. The van der Waals surface area contributed by atoms with E-state index in [1.54, 1.807) is 19.1 Å². The van der Waals surface area contributed by atoms with Gasteiger partial charge in [-0.3, -0.25) is 4.79 Å². The summed E-state index contributed by atoms with van der Waals surface area (Å²) in [4.78, 5) is 13.6. The number of rotatable bonds is 7. The monoisotopic (exact) mass is 414 g/mol. The van der Waals surface area contributed by atoms with E-state index in [0.29, 0.717) is 6.42 Å². The number of carbonyl (C=O) groups is 1. The van der Waals surface area contributed by atoms with Gasteiger partial charge in [-0.25, -0.2) is 0 Å². The van der Waals surface area contributed by atoms with E-state index in [1.165, 1.54) is 0 Å². The molecule has 0 spiro atoms. The van der Waals surface area contributed by atoms with E-state index in [-0.39, 0.29) is 5.91 Å². The Morgan fingerprint density at radius 2 is 1.53 bits per heavy atom. The molecule has 4 aromatic rings. The van der Waals surface area contributed by atoms with Gasteiger partial charge >= 0.3 is 0 Å². The summed E-state index contributed by atoms with van der Waals surface area (Å²) in [5.74, 6) is 0.801. The van der Waals surface area contributed by atoms with Crippen LogP contribution in [0.1, 0.15) is 5.56 Å². The van der Waals surface area contributed by atoms with Crippen molar-refractivity contribution in [3.63, 3.8) is 0 Å². The van der Waals surface area contributed by atoms with E-state index in [4.69, 9.17) is 4.74 Å². The van der Waals surface area contributed by atoms with Crippen LogP contribution in [-0.4, -0.2) is 13.0 Å². The van der Waals surface area contributed by atoms with E-state index in [1.807, 2.05) is 84.9 Å². The number of hydrogen-bond acceptors (Lipinski definition) is 4. The molecular formula is C25H22N2O2S. The van der Waals surface area contributed by atoms with Gasteiger partial charge in [-0.2, -0.15) is 0 Å². The molecule has 0 saturated carbocycles. The zero-order chi connectivity index (χ0) is 20.8. The van der Waals surface area contributed by atoms with Crippen molar-refractivity contribution in [3.05, 3.63) is 96.6 Å². The van der Waals surface area contributed by atoms with Crippen LogP contribution in [0.4, 0.5) is 11.4 Å². The van der Waals surface area contributed by atoms with Crippen molar-refractivity contribution in [2.75, 3.05) is 17.1 Å². The molecule has 0 aliphatic carbocycles. The molecule has 0 atom stereocenters. The molecule has 0 aliphatic heterocycles. The van der Waals surface area contributed by atoms with E-state index in [2.05, 4.69) is 16.1 Å². The highest BCUT2D eigenvalue weighted by atomic mass is 32.2. The topological polar surface area (TPSA) is 50.4 Å². The third-order valence-electron chi connectivity index (χ3n) is 4.73. The smallest absolute Gasteiger partial charge is 0.228 e. The molecule has 0 saturated heterocycles. The van der Waals surface area contributed by atoms with Crippen LogP contribution in [0.3, 0.4) is 0 Å². The molecule has 1 amide bonds. The number of benzene rings is 4. The number of hydrogen-bond donors (Lipinski definition) is 2. The maximum atomic E-state index is 12.5. The van der Waals surface area contributed by atoms with Crippen LogP contribution in [0.25, 0.3) is 10.8 Å². The van der Waals surface area contributed by atoms with Gasteiger partial charge in [0.1, 0.15) is 5.75 Å². The summed E-state index contributed by atoms with van der Waals surface area (Å²) in [5.41, 5.74) is 2.81. The van der Waals surface area contributed by atoms with Gasteiger partial charge in [-0.05, 0) is 59.3 Å². The predicted molar refractivity (Wildman–Crippen MR) is 125 cm³/mol. The molecule has 5 heteroatoms. The number of ether oxygens (including phenoxy) is 1. The van der Waals surface area contributed by atoms with Gasteiger partial charge in [0.2, 0.25) is 5.91 Å². The number of methoxy groups -OCH3 is 1. The fourth-order valence-corrected chi connectivity index (χ4v) is 4.01. The molecule has 0 unspecified atom stereocenters. The van der Waals surface area contributed by atoms with Crippen molar-refractivity contribution < 1.29 is 9.53 Å². The van der Waals surface area contributed by atoms with Crippen molar-refractivity contribution in [3.8, 4) is 5.75 Å². The maximum absolute atomic E-state index is 12.5. The van der Waals surface area contributed by atoms with E-state index in [0.717, 1.165) is 38.4 Å². The lowest BCUT2D eigenvalue weighted by atomic mass is 10.1. The first-order valence-electron chi connectivity index (χ1n) is 9.65. The average Bonchev–Trinajstić information content (AvgIpc) is 2.79. The predicted octanol–water partition coefficient (Wildman–Crippen LogP) is 6.15. The fourth-order valence-electron chi connectivity index (χ4n) is 3.22. The summed E-state index contributed by atoms with van der Waals surface area (Å²) in [6.07, 6.45) is 0.352. The lowest BCUT2D eigenvalue weighted by Gasteiger charge is -2.13. The summed E-state index contributed by atoms with van der Waals surface area (Å²) in [6, 6.07) is 29.7. The third kappa shape index (κ3) is 4.75. The minimum Gasteiger partial charge on any atom is -0.497 e. The molecule has 4 aromatic carbocycles. The SMILES string of the molecule is COc1ccc(NSc2ccc(NC(=O)Cc3ccccc3)c3ccccc23)cc1. The largest absolute Gasteiger partial charge is 0.497 e. The summed E-state index contributed by atoms with van der Waals surface area (Å²) < 4.78 is 8.57. The van der Waals surface area contributed by atoms with Gasteiger partial charge in [0, 0.05) is 21.7 Å². The standard InChI is InChI=1S/C25H22N2O2S/c1-29-20-13-11-19(12-14-20)27-30-24-16-15-23(21-9-5-6-10-22(21)24)26-25(28)17-18-7-3-2-4-8-18/h2-16,27H,17H2,1H3,(H,26,28). The molecule has 0 aromatic heterocycles. The Kier molecular flexibility index (Phi) is 6.20. The number of nitrogens with one attached hydrogen (secondary N) is 2. The lowest BCUT2D eigenvalue weighted by Crippen LogP contribution is -2.14. The summed E-state index contributed by atoms with van der Waals surface area (Å²) >= 11 is 1.54. The molecule has 0 bridgehead atoms. The summed E-state index contributed by atoms with van der Waals surface area (Å²) in [6.45, 7) is 0. The summed E-state index contributed by atoms with van der Waals surface area (Å²) in [5, 5.41) is 5.16. The number of amides is 1. The number of carbonyl (C=O) groups excluding carboxylic acids is 1. The first kappa shape index (κ1) is 19.9. The van der Waals surface area contributed by atoms with Crippen molar-refractivity contribution >= 4 is 40.0 Å². The molecule has 4 nitrogen and oxygen atoms in total. The quantitative estimate of drug-likeness (QED) is 0.356. The lowest BCUT2D eigenvalue weighted by molar-refractivity contribution is -0.115. The summed E-state index contributed by atoms with van der Waals surface area (Å²) in [7, 11) is 1.66. The maximum Gasteiger partial charge on any atom is 0.228 e. The molecule has 0 radical (unpaired) electrons. The Morgan fingerprint density at radius 3 is 2.27 bits per heavy atom. The normalized spacial score (nSPS) is 10.6. The first-order valence-corrected chi connectivity index (χ1v) is 10.5.